The molecule has 17 heavy (non-hydrogen) atoms. The van der Waals surface area contributed by atoms with Gasteiger partial charge < -0.3 is 15.4 Å². The molecular weight excluding hydrogens is 222 g/mol. The van der Waals surface area contributed by atoms with Gasteiger partial charge in [-0.2, -0.15) is 0 Å². The van der Waals surface area contributed by atoms with Crippen molar-refractivity contribution in [3.8, 4) is 5.75 Å². The van der Waals surface area contributed by atoms with Gasteiger partial charge in [0.25, 0.3) is 0 Å². The number of rotatable bonds is 2. The van der Waals surface area contributed by atoms with Crippen LogP contribution in [-0.2, 0) is 9.59 Å². The topological polar surface area (TPSA) is 84.7 Å². The summed E-state index contributed by atoms with van der Waals surface area (Å²) in [5.74, 6) is -0.132. The fourth-order valence-corrected chi connectivity index (χ4v) is 1.79. The van der Waals surface area contributed by atoms with Gasteiger partial charge in [-0.3, -0.25) is 14.9 Å². The molecular formula is C11H13N3O3. The Balaban J connectivity index is 2.33. The second kappa shape index (κ2) is 4.32. The van der Waals surface area contributed by atoms with Crippen LogP contribution in [-0.4, -0.2) is 32.0 Å². The molecule has 2 rings (SSSR count). The van der Waals surface area contributed by atoms with Crippen LogP contribution in [0.3, 0.4) is 0 Å². The Morgan fingerprint density at radius 1 is 1.29 bits per heavy atom. The third-order valence-electron chi connectivity index (χ3n) is 2.55. The monoisotopic (exact) mass is 235 g/mol. The molecule has 0 aliphatic carbocycles. The number of nitrogen functional groups attached to an aromatic ring is 1. The predicted molar refractivity (Wildman–Crippen MR) is 62.8 cm³/mol. The highest BCUT2D eigenvalue weighted by Crippen LogP contribution is 2.32. The molecule has 0 atom stereocenters. The lowest BCUT2D eigenvalue weighted by Crippen LogP contribution is -2.51. The van der Waals surface area contributed by atoms with Crippen LogP contribution in [0.2, 0.25) is 0 Å². The van der Waals surface area contributed by atoms with E-state index in [-0.39, 0.29) is 24.9 Å². The molecule has 1 aromatic rings. The summed E-state index contributed by atoms with van der Waals surface area (Å²) < 4.78 is 5.09. The van der Waals surface area contributed by atoms with E-state index in [0.29, 0.717) is 17.1 Å². The highest BCUT2D eigenvalue weighted by Gasteiger charge is 2.24. The zero-order valence-corrected chi connectivity index (χ0v) is 9.40. The maximum absolute atomic E-state index is 11.3. The molecule has 6 nitrogen and oxygen atoms in total. The van der Waals surface area contributed by atoms with E-state index < -0.39 is 0 Å². The van der Waals surface area contributed by atoms with Crippen LogP contribution in [0.4, 0.5) is 11.4 Å². The number of benzene rings is 1. The first kappa shape index (κ1) is 11.3. The first-order valence-corrected chi connectivity index (χ1v) is 5.12. The van der Waals surface area contributed by atoms with Crippen molar-refractivity contribution >= 4 is 23.2 Å². The van der Waals surface area contributed by atoms with Crippen molar-refractivity contribution in [2.45, 2.75) is 0 Å². The number of ether oxygens (including phenoxy) is 1. The summed E-state index contributed by atoms with van der Waals surface area (Å²) in [6.45, 7) is 0.228. The number of nitrogens with zero attached hydrogens (tertiary/aromatic N) is 1. The molecule has 6 heteroatoms. The summed E-state index contributed by atoms with van der Waals surface area (Å²) in [5.41, 5.74) is 6.97. The number of hydrogen-bond donors (Lipinski definition) is 2. The fourth-order valence-electron chi connectivity index (χ4n) is 1.79. The summed E-state index contributed by atoms with van der Waals surface area (Å²) in [5, 5.41) is 2.24. The molecule has 1 heterocycles. The van der Waals surface area contributed by atoms with Crippen molar-refractivity contribution in [2.75, 3.05) is 30.8 Å². The van der Waals surface area contributed by atoms with E-state index in [2.05, 4.69) is 5.32 Å². The van der Waals surface area contributed by atoms with Crippen LogP contribution in [0.1, 0.15) is 0 Å². The molecule has 1 aromatic carbocycles. The number of carbonyl (C=O) groups is 2. The van der Waals surface area contributed by atoms with Crippen molar-refractivity contribution in [3.05, 3.63) is 18.2 Å². The Hall–Kier alpha value is -2.24. The van der Waals surface area contributed by atoms with Gasteiger partial charge in [0.15, 0.2) is 0 Å². The first-order valence-electron chi connectivity index (χ1n) is 5.12. The van der Waals surface area contributed by atoms with Crippen molar-refractivity contribution in [1.82, 2.24) is 5.32 Å². The summed E-state index contributed by atoms with van der Waals surface area (Å²) in [6, 6.07) is 5.25. The van der Waals surface area contributed by atoms with Gasteiger partial charge in [0.1, 0.15) is 5.75 Å². The SMILES string of the molecule is COc1cccc(N2CC(=O)NC(=O)C2)c1N. The van der Waals surface area contributed by atoms with E-state index in [1.54, 1.807) is 23.1 Å². The van der Waals surface area contributed by atoms with Crippen LogP contribution < -0.4 is 20.7 Å². The zero-order valence-electron chi connectivity index (χ0n) is 9.40. The number of para-hydroxylation sites is 1. The van der Waals surface area contributed by atoms with Gasteiger partial charge in [-0.15, -0.1) is 0 Å². The minimum absolute atomic E-state index is 0.114. The number of nitrogens with one attached hydrogen (secondary N) is 1. The Morgan fingerprint density at radius 3 is 2.53 bits per heavy atom. The lowest BCUT2D eigenvalue weighted by molar-refractivity contribution is -0.130. The van der Waals surface area contributed by atoms with Crippen LogP contribution in [0.25, 0.3) is 0 Å². The number of methoxy groups -OCH3 is 1. The van der Waals surface area contributed by atoms with Crippen LogP contribution in [0, 0.1) is 0 Å². The normalized spacial score (nSPS) is 15.7. The van der Waals surface area contributed by atoms with E-state index in [0.717, 1.165) is 0 Å². The molecule has 1 fully saturated rings. The third kappa shape index (κ3) is 2.15. The zero-order chi connectivity index (χ0) is 12.4. The molecule has 3 N–H and O–H groups in total. The first-order chi connectivity index (χ1) is 8.11. The molecule has 1 aliphatic heterocycles. The van der Waals surface area contributed by atoms with Crippen LogP contribution in [0.5, 0.6) is 5.75 Å². The predicted octanol–water partition coefficient (Wildman–Crippen LogP) is -0.260. The van der Waals surface area contributed by atoms with E-state index in [4.69, 9.17) is 10.5 Å². The Kier molecular flexibility index (Phi) is 2.86. The molecule has 0 radical (unpaired) electrons. The number of amides is 2. The average molecular weight is 235 g/mol. The van der Waals surface area contributed by atoms with Gasteiger partial charge in [0.2, 0.25) is 11.8 Å². The van der Waals surface area contributed by atoms with Crippen molar-refractivity contribution in [1.29, 1.82) is 0 Å². The standard InChI is InChI=1S/C11H13N3O3/c1-17-8-4-2-3-7(11(8)12)14-5-9(15)13-10(16)6-14/h2-4H,5-6,12H2,1H3,(H,13,15,16). The molecule has 0 unspecified atom stereocenters. The Morgan fingerprint density at radius 2 is 1.94 bits per heavy atom. The van der Waals surface area contributed by atoms with Gasteiger partial charge in [-0.1, -0.05) is 6.07 Å². The van der Waals surface area contributed by atoms with Gasteiger partial charge in [0, 0.05) is 0 Å². The summed E-state index contributed by atoms with van der Waals surface area (Å²) in [6.07, 6.45) is 0. The minimum atomic E-state index is -0.330. The maximum Gasteiger partial charge on any atom is 0.246 e. The second-order valence-electron chi connectivity index (χ2n) is 3.72. The molecule has 2 amide bonds. The van der Waals surface area contributed by atoms with Crippen molar-refractivity contribution in [3.63, 3.8) is 0 Å². The highest BCUT2D eigenvalue weighted by atomic mass is 16.5. The molecule has 0 aromatic heterocycles. The fraction of sp³-hybridized carbons (Fsp3) is 0.273. The number of imide groups is 1. The Labute approximate surface area is 98.3 Å². The number of nitrogens with two attached hydrogens (primary N) is 1. The number of anilines is 2. The molecule has 1 aliphatic rings. The van der Waals surface area contributed by atoms with Gasteiger partial charge in [0.05, 0.1) is 31.6 Å². The third-order valence-corrected chi connectivity index (χ3v) is 2.55. The van der Waals surface area contributed by atoms with Crippen LogP contribution >= 0.6 is 0 Å². The summed E-state index contributed by atoms with van der Waals surface area (Å²) in [4.78, 5) is 24.2. The second-order valence-corrected chi connectivity index (χ2v) is 3.72. The number of hydrogen-bond acceptors (Lipinski definition) is 5. The van der Waals surface area contributed by atoms with E-state index in [1.165, 1.54) is 7.11 Å². The lowest BCUT2D eigenvalue weighted by atomic mass is 10.2. The van der Waals surface area contributed by atoms with Gasteiger partial charge in [-0.05, 0) is 12.1 Å². The van der Waals surface area contributed by atoms with Crippen molar-refractivity contribution < 1.29 is 14.3 Å². The number of carbonyl (C=O) groups excluding carboxylic acids is 2. The summed E-state index contributed by atoms with van der Waals surface area (Å²) >= 11 is 0. The molecule has 0 spiro atoms. The Bertz CT molecular complexity index is 457. The summed E-state index contributed by atoms with van der Waals surface area (Å²) in [7, 11) is 1.52. The minimum Gasteiger partial charge on any atom is -0.495 e. The largest absolute Gasteiger partial charge is 0.495 e. The quantitative estimate of drug-likeness (QED) is 0.545. The molecule has 90 valence electrons. The van der Waals surface area contributed by atoms with E-state index in [1.807, 2.05) is 0 Å². The van der Waals surface area contributed by atoms with E-state index >= 15 is 0 Å². The van der Waals surface area contributed by atoms with Crippen LogP contribution in [0.15, 0.2) is 18.2 Å². The van der Waals surface area contributed by atoms with E-state index in [9.17, 15) is 9.59 Å². The molecule has 0 bridgehead atoms. The molecule has 1 saturated heterocycles. The highest BCUT2D eigenvalue weighted by molar-refractivity contribution is 6.03. The number of piperazine rings is 1. The van der Waals surface area contributed by atoms with Gasteiger partial charge >= 0.3 is 0 Å². The maximum atomic E-state index is 11.3. The van der Waals surface area contributed by atoms with Gasteiger partial charge in [-0.25, -0.2) is 0 Å². The average Bonchev–Trinajstić information content (AvgIpc) is 2.28. The van der Waals surface area contributed by atoms with Crippen molar-refractivity contribution in [2.24, 2.45) is 0 Å². The molecule has 0 saturated carbocycles. The lowest BCUT2D eigenvalue weighted by Gasteiger charge is -2.28. The smallest absolute Gasteiger partial charge is 0.246 e.